The summed E-state index contributed by atoms with van der Waals surface area (Å²) in [5.41, 5.74) is 13.9. The van der Waals surface area contributed by atoms with Crippen LogP contribution in [0, 0.1) is 5.41 Å². The molecule has 2 heterocycles. The van der Waals surface area contributed by atoms with E-state index in [1.807, 2.05) is 26.0 Å². The van der Waals surface area contributed by atoms with Gasteiger partial charge < -0.3 is 21.1 Å². The van der Waals surface area contributed by atoms with Gasteiger partial charge in [-0.25, -0.2) is 9.97 Å². The summed E-state index contributed by atoms with van der Waals surface area (Å²) in [5.74, 6) is 1.47. The van der Waals surface area contributed by atoms with Gasteiger partial charge in [0.1, 0.15) is 17.9 Å². The van der Waals surface area contributed by atoms with Crippen molar-refractivity contribution >= 4 is 17.2 Å². The lowest BCUT2D eigenvalue weighted by atomic mass is 10.0. The molecule has 0 amide bonds. The van der Waals surface area contributed by atoms with E-state index in [1.165, 1.54) is 6.33 Å². The lowest BCUT2D eigenvalue weighted by Crippen LogP contribution is -2.27. The fraction of sp³-hybridized carbons (Fsp3) is 0.389. The maximum Gasteiger partial charge on any atom is 0.132 e. The van der Waals surface area contributed by atoms with Crippen molar-refractivity contribution in [3.8, 4) is 5.75 Å². The summed E-state index contributed by atoms with van der Waals surface area (Å²) in [5, 5.41) is 8.53. The maximum absolute atomic E-state index is 8.53. The van der Waals surface area contributed by atoms with E-state index in [0.717, 1.165) is 25.3 Å². The topological polar surface area (TPSA) is 114 Å². The number of hydrogen-bond donors (Lipinski definition) is 3. The van der Waals surface area contributed by atoms with Gasteiger partial charge in [-0.05, 0) is 38.5 Å². The van der Waals surface area contributed by atoms with Gasteiger partial charge >= 0.3 is 0 Å². The van der Waals surface area contributed by atoms with Crippen LogP contribution in [0.1, 0.15) is 31.5 Å². The number of ether oxygens (including phenoxy) is 1. The van der Waals surface area contributed by atoms with E-state index in [0.29, 0.717) is 22.7 Å². The zero-order valence-corrected chi connectivity index (χ0v) is 14.6. The van der Waals surface area contributed by atoms with Gasteiger partial charge in [-0.3, -0.25) is 5.41 Å². The van der Waals surface area contributed by atoms with Gasteiger partial charge in [0.2, 0.25) is 0 Å². The minimum Gasteiger partial charge on any atom is -0.491 e. The van der Waals surface area contributed by atoms with Crippen LogP contribution in [-0.2, 0) is 0 Å². The average molecular weight is 340 g/mol. The second-order valence-electron chi connectivity index (χ2n) is 6.55. The van der Waals surface area contributed by atoms with Crippen molar-refractivity contribution in [1.82, 2.24) is 9.97 Å². The molecular weight excluding hydrogens is 316 g/mol. The molecule has 0 spiro atoms. The number of aromatic nitrogens is 2. The van der Waals surface area contributed by atoms with E-state index in [2.05, 4.69) is 14.9 Å². The average Bonchev–Trinajstić information content (AvgIpc) is 3.02. The van der Waals surface area contributed by atoms with Crippen molar-refractivity contribution in [3.63, 3.8) is 0 Å². The number of nitrogens with zero attached hydrogens (tertiary/aromatic N) is 3. The van der Waals surface area contributed by atoms with E-state index in [-0.39, 0.29) is 17.9 Å². The fourth-order valence-electron chi connectivity index (χ4n) is 2.89. The highest BCUT2D eigenvalue weighted by Crippen LogP contribution is 2.24. The van der Waals surface area contributed by atoms with E-state index in [9.17, 15) is 0 Å². The Morgan fingerprint density at radius 3 is 2.80 bits per heavy atom. The van der Waals surface area contributed by atoms with Gasteiger partial charge in [-0.1, -0.05) is 0 Å². The van der Waals surface area contributed by atoms with Crippen molar-refractivity contribution in [1.29, 1.82) is 5.41 Å². The van der Waals surface area contributed by atoms with Crippen LogP contribution >= 0.6 is 0 Å². The molecule has 1 aliphatic rings. The van der Waals surface area contributed by atoms with Crippen LogP contribution in [0.15, 0.2) is 30.6 Å². The smallest absolute Gasteiger partial charge is 0.132 e. The quantitative estimate of drug-likeness (QED) is 0.565. The molecule has 0 bridgehead atoms. The first kappa shape index (κ1) is 17.2. The molecule has 1 fully saturated rings. The zero-order chi connectivity index (χ0) is 18.0. The molecule has 1 saturated heterocycles. The Labute approximate surface area is 147 Å². The van der Waals surface area contributed by atoms with Crippen LogP contribution in [0.25, 0.3) is 0 Å². The first-order valence-corrected chi connectivity index (χ1v) is 8.42. The Morgan fingerprint density at radius 1 is 1.32 bits per heavy atom. The number of nitrogens with two attached hydrogens (primary N) is 2. The molecule has 5 N–H and O–H groups in total. The number of benzene rings is 1. The predicted molar refractivity (Wildman–Crippen MR) is 99.4 cm³/mol. The van der Waals surface area contributed by atoms with Crippen molar-refractivity contribution in [2.24, 2.45) is 5.73 Å². The second kappa shape index (κ2) is 7.06. The monoisotopic (exact) mass is 340 g/mol. The highest BCUT2D eigenvalue weighted by molar-refractivity contribution is 6.13. The van der Waals surface area contributed by atoms with Crippen LogP contribution in [0.5, 0.6) is 5.75 Å². The third-order valence-electron chi connectivity index (χ3n) is 4.12. The molecule has 0 unspecified atom stereocenters. The summed E-state index contributed by atoms with van der Waals surface area (Å²) in [6, 6.07) is 7.33. The van der Waals surface area contributed by atoms with Crippen molar-refractivity contribution in [2.75, 3.05) is 23.7 Å². The van der Waals surface area contributed by atoms with Gasteiger partial charge in [0.05, 0.1) is 17.5 Å². The first-order chi connectivity index (χ1) is 11.9. The van der Waals surface area contributed by atoms with Gasteiger partial charge in [-0.2, -0.15) is 0 Å². The first-order valence-electron chi connectivity index (χ1n) is 8.42. The van der Waals surface area contributed by atoms with Crippen LogP contribution in [-0.4, -0.2) is 40.9 Å². The third kappa shape index (κ3) is 3.88. The number of nitrogen functional groups attached to an aromatic ring is 1. The zero-order valence-electron chi connectivity index (χ0n) is 14.6. The molecule has 0 aliphatic carbocycles. The molecule has 3 rings (SSSR count). The van der Waals surface area contributed by atoms with Gasteiger partial charge in [-0.15, -0.1) is 0 Å². The Balaban J connectivity index is 1.88. The highest BCUT2D eigenvalue weighted by atomic mass is 16.5. The molecule has 25 heavy (non-hydrogen) atoms. The Hall–Kier alpha value is -2.67. The van der Waals surface area contributed by atoms with Crippen LogP contribution in [0.3, 0.4) is 0 Å². The molecule has 0 radical (unpaired) electrons. The summed E-state index contributed by atoms with van der Waals surface area (Å²) in [7, 11) is 0. The van der Waals surface area contributed by atoms with Crippen LogP contribution in [0.2, 0.25) is 0 Å². The normalized spacial score (nSPS) is 17.1. The summed E-state index contributed by atoms with van der Waals surface area (Å²) in [4.78, 5) is 10.7. The van der Waals surface area contributed by atoms with E-state index >= 15 is 0 Å². The van der Waals surface area contributed by atoms with E-state index in [1.54, 1.807) is 12.1 Å². The predicted octanol–water partition coefficient (Wildman–Crippen LogP) is 1.80. The molecule has 1 aromatic heterocycles. The highest BCUT2D eigenvalue weighted by Gasteiger charge is 2.21. The molecule has 1 atom stereocenters. The minimum absolute atomic E-state index is 0.0516. The number of nitrogens with one attached hydrogen (secondary N) is 1. The Bertz CT molecular complexity index is 776. The van der Waals surface area contributed by atoms with E-state index < -0.39 is 0 Å². The largest absolute Gasteiger partial charge is 0.491 e. The number of rotatable bonds is 5. The molecule has 132 valence electrons. The fourth-order valence-corrected chi connectivity index (χ4v) is 2.89. The van der Waals surface area contributed by atoms with Gasteiger partial charge in [0, 0.05) is 36.4 Å². The number of hydrogen-bond acceptors (Lipinski definition) is 7. The molecule has 1 aliphatic heterocycles. The van der Waals surface area contributed by atoms with Crippen molar-refractivity contribution in [3.05, 3.63) is 41.9 Å². The minimum atomic E-state index is 0.0516. The molecule has 7 nitrogen and oxygen atoms in total. The van der Waals surface area contributed by atoms with Gasteiger partial charge in [0.25, 0.3) is 0 Å². The summed E-state index contributed by atoms with van der Waals surface area (Å²) in [6.45, 7) is 5.55. The summed E-state index contributed by atoms with van der Waals surface area (Å²) >= 11 is 0. The molecule has 2 aromatic rings. The molecule has 0 saturated carbocycles. The third-order valence-corrected chi connectivity index (χ3v) is 4.12. The van der Waals surface area contributed by atoms with Gasteiger partial charge in [0.15, 0.2) is 0 Å². The number of anilines is 2. The lowest BCUT2D eigenvalue weighted by molar-refractivity contribution is 0.242. The molecule has 1 aromatic carbocycles. The molecule has 7 heteroatoms. The van der Waals surface area contributed by atoms with Crippen molar-refractivity contribution in [2.45, 2.75) is 32.4 Å². The van der Waals surface area contributed by atoms with Crippen molar-refractivity contribution < 1.29 is 4.74 Å². The standard InChI is InChI=1S/C18H24N6O/c1-11(2)25-13-3-4-15(20)14(7-13)18(21)16-8-17(23-10-22-16)24-6-5-12(19)9-24/h3-4,7-8,10-12,21H,5-6,9,19-20H2,1-2H3/t12-/m0/s1. The summed E-state index contributed by atoms with van der Waals surface area (Å²) < 4.78 is 5.71. The maximum atomic E-state index is 8.53. The van der Waals surface area contributed by atoms with E-state index in [4.69, 9.17) is 21.6 Å². The van der Waals surface area contributed by atoms with Crippen LogP contribution < -0.4 is 21.1 Å². The Morgan fingerprint density at radius 2 is 2.12 bits per heavy atom. The SMILES string of the molecule is CC(C)Oc1ccc(N)c(C(=N)c2cc(N3CC[C@H](N)C3)ncn2)c1. The summed E-state index contributed by atoms with van der Waals surface area (Å²) in [6.07, 6.45) is 2.47. The molecular formula is C18H24N6O. The van der Waals surface area contributed by atoms with Crippen LogP contribution in [0.4, 0.5) is 11.5 Å². The second-order valence-corrected chi connectivity index (χ2v) is 6.55. The lowest BCUT2D eigenvalue weighted by Gasteiger charge is -2.17. The Kier molecular flexibility index (Phi) is 4.85.